The second kappa shape index (κ2) is 6.45. The highest BCUT2D eigenvalue weighted by molar-refractivity contribution is 7.09. The summed E-state index contributed by atoms with van der Waals surface area (Å²) < 4.78 is 2.20. The van der Waals surface area contributed by atoms with E-state index in [4.69, 9.17) is 11.6 Å². The predicted molar refractivity (Wildman–Crippen MR) is 97.6 cm³/mol. The van der Waals surface area contributed by atoms with Crippen LogP contribution in [0.5, 0.6) is 0 Å². The van der Waals surface area contributed by atoms with Gasteiger partial charge in [0.25, 0.3) is 5.91 Å². The Morgan fingerprint density at radius 2 is 2.17 bits per heavy atom. The first-order valence-corrected chi connectivity index (χ1v) is 9.37. The fourth-order valence-electron chi connectivity index (χ4n) is 2.73. The highest BCUT2D eigenvalue weighted by Gasteiger charge is 2.27. The number of amides is 1. The number of thiazole rings is 1. The summed E-state index contributed by atoms with van der Waals surface area (Å²) in [5, 5.41) is 0.198. The number of hydrogen-bond donors (Lipinski definition) is 0. The molecule has 1 amide bonds. The van der Waals surface area contributed by atoms with E-state index in [1.54, 1.807) is 29.7 Å². The summed E-state index contributed by atoms with van der Waals surface area (Å²) in [4.78, 5) is 22.9. The zero-order chi connectivity index (χ0) is 17.5. The van der Waals surface area contributed by atoms with Gasteiger partial charge in [-0.3, -0.25) is 4.79 Å². The van der Waals surface area contributed by atoms with Crippen LogP contribution in [-0.4, -0.2) is 15.5 Å². The molecular formula is C18H22ClN3OS. The Morgan fingerprint density at radius 1 is 1.46 bits per heavy atom. The summed E-state index contributed by atoms with van der Waals surface area (Å²) in [5.74, 6) is 0.376. The highest BCUT2D eigenvalue weighted by Crippen LogP contribution is 2.33. The molecule has 1 aliphatic rings. The van der Waals surface area contributed by atoms with Crippen molar-refractivity contribution in [1.82, 2.24) is 9.55 Å². The monoisotopic (exact) mass is 363 g/mol. The van der Waals surface area contributed by atoms with Crippen molar-refractivity contribution in [1.29, 1.82) is 0 Å². The quantitative estimate of drug-likeness (QED) is 0.761. The second-order valence-corrected chi connectivity index (χ2v) is 8.70. The van der Waals surface area contributed by atoms with E-state index < -0.39 is 0 Å². The lowest BCUT2D eigenvalue weighted by molar-refractivity contribution is 0.0997. The van der Waals surface area contributed by atoms with E-state index in [0.29, 0.717) is 11.5 Å². The van der Waals surface area contributed by atoms with Crippen LogP contribution in [0.2, 0.25) is 5.15 Å². The Kier molecular flexibility index (Phi) is 4.67. The third kappa shape index (κ3) is 3.62. The molecule has 6 heteroatoms. The van der Waals surface area contributed by atoms with Crippen LogP contribution in [0.1, 0.15) is 54.5 Å². The van der Waals surface area contributed by atoms with E-state index in [1.807, 2.05) is 0 Å². The Bertz CT molecular complexity index is 841. The predicted octanol–water partition coefficient (Wildman–Crippen LogP) is 4.36. The average Bonchev–Trinajstić information content (AvgIpc) is 3.26. The molecule has 4 nitrogen and oxygen atoms in total. The lowest BCUT2D eigenvalue weighted by Crippen LogP contribution is -2.20. The minimum absolute atomic E-state index is 0.0306. The fraction of sp³-hybridized carbons (Fsp3) is 0.500. The van der Waals surface area contributed by atoms with Crippen molar-refractivity contribution in [2.24, 2.45) is 10.9 Å². The fourth-order valence-corrected chi connectivity index (χ4v) is 4.13. The number of hydrogen-bond acceptors (Lipinski definition) is 3. The summed E-state index contributed by atoms with van der Waals surface area (Å²) in [5.41, 5.74) is 1.59. The number of halogens is 1. The zero-order valence-corrected chi connectivity index (χ0v) is 16.0. The Labute approximate surface area is 151 Å². The Hall–Kier alpha value is -1.46. The van der Waals surface area contributed by atoms with E-state index in [-0.39, 0.29) is 16.5 Å². The Morgan fingerprint density at radius 3 is 2.75 bits per heavy atom. The van der Waals surface area contributed by atoms with Crippen LogP contribution in [-0.2, 0) is 12.0 Å². The molecule has 128 valence electrons. The number of aromatic nitrogens is 2. The topological polar surface area (TPSA) is 47.2 Å². The van der Waals surface area contributed by atoms with Gasteiger partial charge < -0.3 is 4.57 Å². The number of rotatable bonds is 3. The lowest BCUT2D eigenvalue weighted by atomic mass is 9.93. The first-order valence-electron chi connectivity index (χ1n) is 8.17. The molecule has 1 saturated carbocycles. The summed E-state index contributed by atoms with van der Waals surface area (Å²) in [6, 6.07) is 3.37. The largest absolute Gasteiger partial charge is 0.320 e. The molecule has 0 N–H and O–H groups in total. The van der Waals surface area contributed by atoms with Crippen molar-refractivity contribution in [2.75, 3.05) is 0 Å². The maximum Gasteiger partial charge on any atom is 0.282 e. The van der Waals surface area contributed by atoms with Crippen molar-refractivity contribution in [3.63, 3.8) is 0 Å². The summed E-state index contributed by atoms with van der Waals surface area (Å²) in [6.45, 7) is 9.63. The van der Waals surface area contributed by atoms with Crippen LogP contribution in [0, 0.1) is 12.8 Å². The molecule has 0 unspecified atom stereocenters. The summed E-state index contributed by atoms with van der Waals surface area (Å²) in [6.07, 6.45) is 4.09. The number of nitrogens with zero attached hydrogens (tertiary/aromatic N) is 3. The number of pyridine rings is 1. The van der Waals surface area contributed by atoms with Crippen molar-refractivity contribution in [2.45, 2.75) is 52.5 Å². The van der Waals surface area contributed by atoms with Gasteiger partial charge in [0.05, 0.1) is 5.56 Å². The maximum atomic E-state index is 12.6. The third-order valence-corrected chi connectivity index (χ3v) is 6.07. The van der Waals surface area contributed by atoms with Crippen LogP contribution in [0.15, 0.2) is 23.3 Å². The van der Waals surface area contributed by atoms with Gasteiger partial charge in [0.2, 0.25) is 0 Å². The lowest BCUT2D eigenvalue weighted by Gasteiger charge is -2.17. The molecule has 24 heavy (non-hydrogen) atoms. The SMILES string of the molecule is Cc1c(C(C)(C)C)s/c(=N\C(=O)c2cccnc2Cl)n1CC1CC1. The third-order valence-electron chi connectivity index (χ3n) is 4.16. The second-order valence-electron chi connectivity index (χ2n) is 7.36. The van der Waals surface area contributed by atoms with E-state index in [9.17, 15) is 4.79 Å². The van der Waals surface area contributed by atoms with Gasteiger partial charge in [-0.25, -0.2) is 4.98 Å². The Balaban J connectivity index is 2.08. The molecule has 3 rings (SSSR count). The van der Waals surface area contributed by atoms with E-state index >= 15 is 0 Å². The molecule has 0 spiro atoms. The van der Waals surface area contributed by atoms with Gasteiger partial charge in [-0.2, -0.15) is 4.99 Å². The standard InChI is InChI=1S/C18H22ClN3OS/c1-11-14(18(2,3)4)24-17(22(11)10-12-7-8-12)21-16(23)13-6-5-9-20-15(13)19/h5-6,9,12H,7-8,10H2,1-4H3/b21-17-. The van der Waals surface area contributed by atoms with Crippen LogP contribution in [0.4, 0.5) is 0 Å². The van der Waals surface area contributed by atoms with Crippen molar-refractivity contribution in [3.8, 4) is 0 Å². The van der Waals surface area contributed by atoms with Gasteiger partial charge in [0, 0.05) is 23.3 Å². The first-order chi connectivity index (χ1) is 11.3. The highest BCUT2D eigenvalue weighted by atomic mass is 35.5. The maximum absolute atomic E-state index is 12.6. The van der Waals surface area contributed by atoms with E-state index in [0.717, 1.165) is 11.3 Å². The minimum Gasteiger partial charge on any atom is -0.320 e. The number of carbonyl (C=O) groups is 1. The average molecular weight is 364 g/mol. The van der Waals surface area contributed by atoms with Gasteiger partial charge >= 0.3 is 0 Å². The summed E-state index contributed by atoms with van der Waals surface area (Å²) >= 11 is 7.64. The van der Waals surface area contributed by atoms with Crippen molar-refractivity contribution >= 4 is 28.8 Å². The molecule has 2 aromatic rings. The molecule has 0 saturated heterocycles. The van der Waals surface area contributed by atoms with Crippen LogP contribution in [0.25, 0.3) is 0 Å². The van der Waals surface area contributed by atoms with Crippen molar-refractivity contribution < 1.29 is 4.79 Å². The molecule has 0 bridgehead atoms. The molecule has 0 aromatic carbocycles. The normalized spacial score (nSPS) is 15.8. The van der Waals surface area contributed by atoms with Gasteiger partial charge in [-0.05, 0) is 43.2 Å². The smallest absolute Gasteiger partial charge is 0.282 e. The number of carbonyl (C=O) groups excluding carboxylic acids is 1. The van der Waals surface area contributed by atoms with E-state index in [2.05, 4.69) is 42.2 Å². The molecular weight excluding hydrogens is 342 g/mol. The van der Waals surface area contributed by atoms with Gasteiger partial charge in [0.15, 0.2) is 4.80 Å². The molecule has 1 fully saturated rings. The molecule has 0 atom stereocenters. The summed E-state index contributed by atoms with van der Waals surface area (Å²) in [7, 11) is 0. The van der Waals surface area contributed by atoms with Gasteiger partial charge in [0.1, 0.15) is 5.15 Å². The zero-order valence-electron chi connectivity index (χ0n) is 14.5. The minimum atomic E-state index is -0.334. The molecule has 2 aromatic heterocycles. The van der Waals surface area contributed by atoms with Crippen LogP contribution in [0.3, 0.4) is 0 Å². The molecule has 0 aliphatic heterocycles. The molecule has 1 aliphatic carbocycles. The molecule has 0 radical (unpaired) electrons. The molecule has 2 heterocycles. The first kappa shape index (κ1) is 17.4. The van der Waals surface area contributed by atoms with Crippen molar-refractivity contribution in [3.05, 3.63) is 44.4 Å². The van der Waals surface area contributed by atoms with Gasteiger partial charge in [-0.1, -0.05) is 32.4 Å². The van der Waals surface area contributed by atoms with Crippen LogP contribution >= 0.6 is 22.9 Å². The van der Waals surface area contributed by atoms with E-state index in [1.165, 1.54) is 23.4 Å². The van der Waals surface area contributed by atoms with Gasteiger partial charge in [-0.15, -0.1) is 11.3 Å². The van der Waals surface area contributed by atoms with Crippen LogP contribution < -0.4 is 4.80 Å².